The Morgan fingerprint density at radius 1 is 1.29 bits per heavy atom. The summed E-state index contributed by atoms with van der Waals surface area (Å²) in [4.78, 5) is 0. The SMILES string of the molecule is C=C[s+]1cccc1. The fraction of sp³-hybridized carbons (Fsp3) is 0. The molecule has 0 radical (unpaired) electrons. The van der Waals surface area contributed by atoms with Crippen LogP contribution >= 0.6 is 10.5 Å². The van der Waals surface area contributed by atoms with Crippen LogP contribution in [-0.2, 0) is 0 Å². The zero-order valence-electron chi connectivity index (χ0n) is 4.00. The van der Waals surface area contributed by atoms with Crippen molar-refractivity contribution in [3.63, 3.8) is 0 Å². The van der Waals surface area contributed by atoms with Gasteiger partial charge in [-0.1, -0.05) is 0 Å². The lowest BCUT2D eigenvalue weighted by Gasteiger charge is -1.60. The van der Waals surface area contributed by atoms with E-state index in [1.807, 2.05) is 17.5 Å². The van der Waals surface area contributed by atoms with Crippen molar-refractivity contribution in [1.29, 1.82) is 0 Å². The Hall–Kier alpha value is -0.560. The van der Waals surface area contributed by atoms with Gasteiger partial charge in [0.25, 0.3) is 0 Å². The van der Waals surface area contributed by atoms with Crippen LogP contribution in [0.15, 0.2) is 29.5 Å². The Morgan fingerprint density at radius 3 is 2.14 bits per heavy atom. The molecule has 0 aliphatic heterocycles. The van der Waals surface area contributed by atoms with Crippen molar-refractivity contribution >= 4 is 15.9 Å². The Kier molecular flexibility index (Phi) is 1.27. The second-order valence-corrected chi connectivity index (χ2v) is 2.93. The quantitative estimate of drug-likeness (QED) is 0.488. The molecule has 0 saturated heterocycles. The predicted molar refractivity (Wildman–Crippen MR) is 35.3 cm³/mol. The van der Waals surface area contributed by atoms with Crippen LogP contribution in [0.3, 0.4) is 0 Å². The summed E-state index contributed by atoms with van der Waals surface area (Å²) >= 11 is 0. The summed E-state index contributed by atoms with van der Waals surface area (Å²) in [5, 5.41) is 6.21. The monoisotopic (exact) mass is 111 g/mol. The lowest BCUT2D eigenvalue weighted by Crippen LogP contribution is -1.31. The lowest BCUT2D eigenvalue weighted by atomic mass is 10.7. The molecular formula is C6H7S+. The Bertz CT molecular complexity index is 139. The van der Waals surface area contributed by atoms with Gasteiger partial charge < -0.3 is 0 Å². The minimum Gasteiger partial charge on any atom is -0.0462 e. The molecule has 1 heteroatoms. The fourth-order valence-electron chi connectivity index (χ4n) is 0.429. The third-order valence-electron chi connectivity index (χ3n) is 0.775. The van der Waals surface area contributed by atoms with Crippen LogP contribution in [0.25, 0.3) is 5.41 Å². The van der Waals surface area contributed by atoms with Gasteiger partial charge in [0.2, 0.25) is 0 Å². The molecule has 7 heavy (non-hydrogen) atoms. The maximum atomic E-state index is 3.65. The third kappa shape index (κ3) is 0.904. The molecule has 0 fully saturated rings. The van der Waals surface area contributed by atoms with E-state index >= 15 is 0 Å². The molecule has 0 aliphatic rings. The molecule has 0 aliphatic carbocycles. The molecule has 0 spiro atoms. The van der Waals surface area contributed by atoms with E-state index < -0.39 is 0 Å². The maximum absolute atomic E-state index is 3.65. The van der Waals surface area contributed by atoms with Crippen LogP contribution in [0.4, 0.5) is 0 Å². The van der Waals surface area contributed by atoms with Crippen molar-refractivity contribution < 1.29 is 0 Å². The highest BCUT2D eigenvalue weighted by Gasteiger charge is 1.88. The van der Waals surface area contributed by atoms with Crippen LogP contribution in [0.2, 0.25) is 0 Å². The highest BCUT2D eigenvalue weighted by molar-refractivity contribution is 7.38. The van der Waals surface area contributed by atoms with Gasteiger partial charge in [-0.05, 0) is 18.7 Å². The molecule has 1 aromatic rings. The minimum absolute atomic E-state index is 0.269. The molecule has 1 rings (SSSR count). The minimum atomic E-state index is 0.269. The Morgan fingerprint density at radius 2 is 1.86 bits per heavy atom. The largest absolute Gasteiger partial charge is 0.143 e. The molecule has 0 unspecified atom stereocenters. The number of thiophene rings is 1. The van der Waals surface area contributed by atoms with Gasteiger partial charge in [0, 0.05) is 10.5 Å². The van der Waals surface area contributed by atoms with Gasteiger partial charge >= 0.3 is 0 Å². The van der Waals surface area contributed by atoms with Gasteiger partial charge in [-0.25, -0.2) is 0 Å². The molecule has 36 valence electrons. The fourth-order valence-corrected chi connectivity index (χ4v) is 1.29. The smallest absolute Gasteiger partial charge is 0.0462 e. The van der Waals surface area contributed by atoms with Crippen molar-refractivity contribution in [2.75, 3.05) is 0 Å². The molecule has 0 nitrogen and oxygen atoms in total. The van der Waals surface area contributed by atoms with Gasteiger partial charge in [-0.2, -0.15) is 0 Å². The summed E-state index contributed by atoms with van der Waals surface area (Å²) in [5.74, 6) is 0. The maximum Gasteiger partial charge on any atom is 0.143 e. The normalized spacial score (nSPS) is 8.57. The van der Waals surface area contributed by atoms with E-state index in [1.165, 1.54) is 0 Å². The van der Waals surface area contributed by atoms with Crippen molar-refractivity contribution in [1.82, 2.24) is 0 Å². The summed E-state index contributed by atoms with van der Waals surface area (Å²) in [5.41, 5.74) is 0. The lowest BCUT2D eigenvalue weighted by molar-refractivity contribution is 2.03. The van der Waals surface area contributed by atoms with Crippen molar-refractivity contribution in [2.45, 2.75) is 0 Å². The molecule has 0 atom stereocenters. The van der Waals surface area contributed by atoms with Crippen LogP contribution in [0.5, 0.6) is 0 Å². The summed E-state index contributed by atoms with van der Waals surface area (Å²) in [6.07, 6.45) is 0. The highest BCUT2D eigenvalue weighted by Crippen LogP contribution is 2.16. The van der Waals surface area contributed by atoms with Gasteiger partial charge in [0.1, 0.15) is 16.2 Å². The number of hydrogen-bond acceptors (Lipinski definition) is 0. The standard InChI is InChI=1S/C6H7S/c1-2-7-5-3-4-6-7/h2-6H,1H2/q+1. The van der Waals surface area contributed by atoms with Gasteiger partial charge in [0.15, 0.2) is 0 Å². The summed E-state index contributed by atoms with van der Waals surface area (Å²) in [7, 11) is 0.269. The zero-order chi connectivity index (χ0) is 5.11. The van der Waals surface area contributed by atoms with Gasteiger partial charge in [-0.15, -0.1) is 0 Å². The topological polar surface area (TPSA) is 0 Å². The molecule has 0 amide bonds. The second-order valence-electron chi connectivity index (χ2n) is 1.23. The summed E-state index contributed by atoms with van der Waals surface area (Å²) in [6.45, 7) is 3.65. The van der Waals surface area contributed by atoms with E-state index in [-0.39, 0.29) is 10.5 Å². The number of hydrogen-bond donors (Lipinski definition) is 0. The Balaban J connectivity index is 2.96. The average molecular weight is 111 g/mol. The average Bonchev–Trinajstić information content (AvgIpc) is 2.14. The van der Waals surface area contributed by atoms with Crippen molar-refractivity contribution in [3.05, 3.63) is 29.5 Å². The van der Waals surface area contributed by atoms with Crippen LogP contribution < -0.4 is 0 Å². The summed E-state index contributed by atoms with van der Waals surface area (Å²) < 4.78 is 0. The molecular weight excluding hydrogens is 104 g/mol. The first-order chi connectivity index (χ1) is 3.43. The van der Waals surface area contributed by atoms with Crippen molar-refractivity contribution in [2.24, 2.45) is 0 Å². The van der Waals surface area contributed by atoms with E-state index in [0.29, 0.717) is 0 Å². The van der Waals surface area contributed by atoms with E-state index in [1.54, 1.807) is 0 Å². The molecule has 1 heterocycles. The first-order valence-corrected chi connectivity index (χ1v) is 3.53. The molecule has 0 bridgehead atoms. The highest BCUT2D eigenvalue weighted by atomic mass is 32.2. The molecule has 0 aromatic carbocycles. The Labute approximate surface area is 46.1 Å². The predicted octanol–water partition coefficient (Wildman–Crippen LogP) is 2.54. The van der Waals surface area contributed by atoms with Crippen LogP contribution in [0, 0.1) is 0 Å². The number of rotatable bonds is 1. The molecule has 0 saturated carbocycles. The first-order valence-electron chi connectivity index (χ1n) is 2.12. The second kappa shape index (κ2) is 1.94. The van der Waals surface area contributed by atoms with Crippen molar-refractivity contribution in [3.8, 4) is 0 Å². The molecule has 0 N–H and O–H groups in total. The van der Waals surface area contributed by atoms with E-state index in [4.69, 9.17) is 0 Å². The van der Waals surface area contributed by atoms with Gasteiger partial charge in [-0.3, -0.25) is 0 Å². The van der Waals surface area contributed by atoms with E-state index in [0.717, 1.165) is 0 Å². The van der Waals surface area contributed by atoms with Crippen LogP contribution in [0.1, 0.15) is 0 Å². The van der Waals surface area contributed by atoms with E-state index in [2.05, 4.69) is 17.3 Å². The van der Waals surface area contributed by atoms with E-state index in [9.17, 15) is 0 Å². The van der Waals surface area contributed by atoms with Gasteiger partial charge in [0.05, 0.1) is 0 Å². The molecule has 1 aromatic heterocycles. The van der Waals surface area contributed by atoms with Crippen LogP contribution in [-0.4, -0.2) is 0 Å². The first kappa shape index (κ1) is 4.60. The third-order valence-corrected chi connectivity index (χ3v) is 2.10. The zero-order valence-corrected chi connectivity index (χ0v) is 4.82. The summed E-state index contributed by atoms with van der Waals surface area (Å²) in [6, 6.07) is 4.09.